The monoisotopic (exact) mass is 314 g/mol. The van der Waals surface area contributed by atoms with E-state index in [1.54, 1.807) is 0 Å². The van der Waals surface area contributed by atoms with Gasteiger partial charge in [0.15, 0.2) is 6.10 Å². The minimum absolute atomic E-state index is 0.365. The van der Waals surface area contributed by atoms with E-state index in [9.17, 15) is 0 Å². The van der Waals surface area contributed by atoms with Gasteiger partial charge in [-0.1, -0.05) is 33.6 Å². The van der Waals surface area contributed by atoms with Crippen LogP contribution in [0.15, 0.2) is 18.2 Å². The van der Waals surface area contributed by atoms with Crippen LogP contribution in [0.3, 0.4) is 0 Å². The highest BCUT2D eigenvalue weighted by Gasteiger charge is 2.21. The summed E-state index contributed by atoms with van der Waals surface area (Å²) in [4.78, 5) is 2.09. The summed E-state index contributed by atoms with van der Waals surface area (Å²) >= 11 is 9.64. The Morgan fingerprint density at radius 1 is 1.59 bits per heavy atom. The SMILES string of the molecule is N#CC1CN(c2ccc(CBr)cc2Cl)CCO1. The average molecular weight is 316 g/mol. The van der Waals surface area contributed by atoms with E-state index >= 15 is 0 Å². The van der Waals surface area contributed by atoms with Crippen LogP contribution in [0.5, 0.6) is 0 Å². The second-order valence-corrected chi connectivity index (χ2v) is 4.82. The molecule has 0 saturated carbocycles. The van der Waals surface area contributed by atoms with E-state index in [4.69, 9.17) is 21.6 Å². The Hall–Kier alpha value is -0.760. The highest BCUT2D eigenvalue weighted by Crippen LogP contribution is 2.28. The number of benzene rings is 1. The van der Waals surface area contributed by atoms with E-state index in [0.29, 0.717) is 13.2 Å². The number of rotatable bonds is 2. The third-order valence-corrected chi connectivity index (χ3v) is 3.67. The lowest BCUT2D eigenvalue weighted by Gasteiger charge is -2.32. The molecule has 1 aromatic rings. The van der Waals surface area contributed by atoms with Crippen LogP contribution in [0.1, 0.15) is 5.56 Å². The number of hydrogen-bond donors (Lipinski definition) is 0. The van der Waals surface area contributed by atoms with Gasteiger partial charge in [-0.15, -0.1) is 0 Å². The summed E-state index contributed by atoms with van der Waals surface area (Å²) < 4.78 is 5.31. The topological polar surface area (TPSA) is 36.3 Å². The summed E-state index contributed by atoms with van der Waals surface area (Å²) in [6.45, 7) is 1.91. The van der Waals surface area contributed by atoms with Crippen molar-refractivity contribution in [1.82, 2.24) is 0 Å². The lowest BCUT2D eigenvalue weighted by Crippen LogP contribution is -2.42. The van der Waals surface area contributed by atoms with Crippen molar-refractivity contribution in [3.63, 3.8) is 0 Å². The van der Waals surface area contributed by atoms with Crippen molar-refractivity contribution in [3.05, 3.63) is 28.8 Å². The van der Waals surface area contributed by atoms with Gasteiger partial charge >= 0.3 is 0 Å². The Morgan fingerprint density at radius 2 is 2.41 bits per heavy atom. The van der Waals surface area contributed by atoms with Gasteiger partial charge in [0.1, 0.15) is 0 Å². The Morgan fingerprint density at radius 3 is 3.06 bits per heavy atom. The number of morpholine rings is 1. The molecule has 17 heavy (non-hydrogen) atoms. The predicted octanol–water partition coefficient (Wildman–Crippen LogP) is 2.96. The molecule has 0 amide bonds. The van der Waals surface area contributed by atoms with E-state index in [2.05, 4.69) is 26.9 Å². The molecule has 0 spiro atoms. The van der Waals surface area contributed by atoms with Crippen molar-refractivity contribution >= 4 is 33.2 Å². The van der Waals surface area contributed by atoms with Crippen molar-refractivity contribution in [2.24, 2.45) is 0 Å². The van der Waals surface area contributed by atoms with Gasteiger partial charge in [0, 0.05) is 11.9 Å². The van der Waals surface area contributed by atoms with Gasteiger partial charge in [-0.3, -0.25) is 0 Å². The predicted molar refractivity (Wildman–Crippen MR) is 71.6 cm³/mol. The maximum absolute atomic E-state index is 8.87. The lowest BCUT2D eigenvalue weighted by molar-refractivity contribution is 0.0764. The van der Waals surface area contributed by atoms with E-state index in [1.165, 1.54) is 0 Å². The standard InChI is InChI=1S/C12H12BrClN2O/c13-6-9-1-2-12(11(14)5-9)16-3-4-17-10(7-15)8-16/h1-2,5,10H,3-4,6,8H2. The highest BCUT2D eigenvalue weighted by atomic mass is 79.9. The molecule has 1 aromatic carbocycles. The molecule has 90 valence electrons. The molecule has 2 rings (SSSR count). The van der Waals surface area contributed by atoms with Crippen LogP contribution in [0.2, 0.25) is 5.02 Å². The second-order valence-electron chi connectivity index (χ2n) is 3.85. The largest absolute Gasteiger partial charge is 0.364 e. The first-order valence-corrected chi connectivity index (χ1v) is 6.85. The van der Waals surface area contributed by atoms with Gasteiger partial charge < -0.3 is 9.64 Å². The molecule has 1 heterocycles. The van der Waals surface area contributed by atoms with Crippen LogP contribution >= 0.6 is 27.5 Å². The first-order chi connectivity index (χ1) is 8.24. The summed E-state index contributed by atoms with van der Waals surface area (Å²) in [6.07, 6.45) is -0.365. The van der Waals surface area contributed by atoms with Gasteiger partial charge in [0.05, 0.1) is 29.9 Å². The number of hydrogen-bond acceptors (Lipinski definition) is 3. The fraction of sp³-hybridized carbons (Fsp3) is 0.417. The summed E-state index contributed by atoms with van der Waals surface area (Å²) in [5.41, 5.74) is 2.11. The van der Waals surface area contributed by atoms with E-state index < -0.39 is 0 Å². The van der Waals surface area contributed by atoms with Crippen LogP contribution in [0.25, 0.3) is 0 Å². The number of halogens is 2. The number of alkyl halides is 1. The molecule has 0 aliphatic carbocycles. The number of anilines is 1. The van der Waals surface area contributed by atoms with Crippen molar-refractivity contribution in [1.29, 1.82) is 5.26 Å². The molecule has 1 fully saturated rings. The summed E-state index contributed by atoms with van der Waals surface area (Å²) in [6, 6.07) is 8.11. The summed E-state index contributed by atoms with van der Waals surface area (Å²) in [5.74, 6) is 0. The van der Waals surface area contributed by atoms with Crippen molar-refractivity contribution in [2.45, 2.75) is 11.4 Å². The first kappa shape index (κ1) is 12.7. The molecule has 1 aliphatic rings. The maximum Gasteiger partial charge on any atom is 0.161 e. The van der Waals surface area contributed by atoms with Gasteiger partial charge in [-0.25, -0.2) is 0 Å². The van der Waals surface area contributed by atoms with Crippen LogP contribution in [-0.2, 0) is 10.1 Å². The zero-order valence-corrected chi connectivity index (χ0v) is 11.5. The molecule has 3 nitrogen and oxygen atoms in total. The summed E-state index contributed by atoms with van der Waals surface area (Å²) in [5, 5.41) is 10.4. The number of nitrogens with zero attached hydrogens (tertiary/aromatic N) is 2. The minimum Gasteiger partial charge on any atom is -0.364 e. The van der Waals surface area contributed by atoms with Crippen LogP contribution in [0, 0.1) is 11.3 Å². The van der Waals surface area contributed by atoms with Gasteiger partial charge in [-0.05, 0) is 17.7 Å². The van der Waals surface area contributed by atoms with Crippen molar-refractivity contribution in [2.75, 3.05) is 24.6 Å². The third-order valence-electron chi connectivity index (χ3n) is 2.72. The molecule has 1 aliphatic heterocycles. The average Bonchev–Trinajstić information content (AvgIpc) is 2.38. The molecule has 1 saturated heterocycles. The van der Waals surface area contributed by atoms with E-state index in [1.807, 2.05) is 18.2 Å². The van der Waals surface area contributed by atoms with E-state index in [-0.39, 0.29) is 6.10 Å². The molecular formula is C12H12BrClN2O. The molecule has 0 aromatic heterocycles. The molecule has 0 radical (unpaired) electrons. The first-order valence-electron chi connectivity index (χ1n) is 5.35. The fourth-order valence-corrected chi connectivity index (χ4v) is 2.51. The van der Waals surface area contributed by atoms with Gasteiger partial charge in [0.25, 0.3) is 0 Å². The quantitative estimate of drug-likeness (QED) is 0.787. The highest BCUT2D eigenvalue weighted by molar-refractivity contribution is 9.08. The smallest absolute Gasteiger partial charge is 0.161 e. The Labute approximate surface area is 114 Å². The second kappa shape index (κ2) is 5.72. The maximum atomic E-state index is 8.87. The molecule has 0 bridgehead atoms. The molecule has 1 atom stereocenters. The molecular weight excluding hydrogens is 304 g/mol. The fourth-order valence-electron chi connectivity index (χ4n) is 1.84. The Bertz CT molecular complexity index is 447. The molecule has 5 heteroatoms. The van der Waals surface area contributed by atoms with Crippen molar-refractivity contribution in [3.8, 4) is 6.07 Å². The zero-order valence-electron chi connectivity index (χ0n) is 9.20. The lowest BCUT2D eigenvalue weighted by atomic mass is 10.2. The minimum atomic E-state index is -0.365. The Kier molecular flexibility index (Phi) is 4.27. The van der Waals surface area contributed by atoms with Crippen molar-refractivity contribution < 1.29 is 4.74 Å². The molecule has 1 unspecified atom stereocenters. The van der Waals surface area contributed by atoms with Gasteiger partial charge in [-0.2, -0.15) is 5.26 Å². The molecule has 0 N–H and O–H groups in total. The third kappa shape index (κ3) is 2.92. The van der Waals surface area contributed by atoms with Crippen LogP contribution < -0.4 is 4.90 Å². The normalized spacial score (nSPS) is 20.1. The summed E-state index contributed by atoms with van der Waals surface area (Å²) in [7, 11) is 0. The number of nitriles is 1. The van der Waals surface area contributed by atoms with Crippen LogP contribution in [0.4, 0.5) is 5.69 Å². The van der Waals surface area contributed by atoms with E-state index in [0.717, 1.165) is 28.1 Å². The van der Waals surface area contributed by atoms with Gasteiger partial charge in [0.2, 0.25) is 0 Å². The zero-order chi connectivity index (χ0) is 12.3. The van der Waals surface area contributed by atoms with Crippen LogP contribution in [-0.4, -0.2) is 25.8 Å². The Balaban J connectivity index is 2.19. The number of ether oxygens (including phenoxy) is 1.